The Morgan fingerprint density at radius 3 is 0.909 bits per heavy atom. The first-order chi connectivity index (χ1) is 10.9. The molecule has 0 nitrogen and oxygen atoms in total. The molecule has 3 fully saturated rings. The predicted octanol–water partition coefficient (Wildman–Crippen LogP) is 6.34. The van der Waals surface area contributed by atoms with Crippen LogP contribution in [0, 0.1) is 0 Å². The Balaban J connectivity index is 1.50. The van der Waals surface area contributed by atoms with Gasteiger partial charge in [0.15, 0.2) is 0 Å². The molecule has 4 atom stereocenters. The van der Waals surface area contributed by atoms with E-state index in [2.05, 4.69) is 47.0 Å². The van der Waals surface area contributed by atoms with E-state index in [0.717, 1.165) is 21.0 Å². The molecular formula is C18H32S4. The van der Waals surface area contributed by atoms with Crippen molar-refractivity contribution in [2.75, 3.05) is 23.0 Å². The minimum absolute atomic E-state index is 0.974. The first kappa shape index (κ1) is 18.2. The minimum Gasteiger partial charge on any atom is -0.157 e. The Bertz CT molecular complexity index is 251. The van der Waals surface area contributed by atoms with Gasteiger partial charge in [0.05, 0.1) is 0 Å². The normalized spacial score (nSPS) is 39.3. The van der Waals surface area contributed by atoms with Gasteiger partial charge in [0, 0.05) is 21.0 Å². The summed E-state index contributed by atoms with van der Waals surface area (Å²) in [6.45, 7) is 0. The lowest BCUT2D eigenvalue weighted by Crippen LogP contribution is -2.27. The van der Waals surface area contributed by atoms with Gasteiger partial charge in [-0.25, -0.2) is 0 Å². The first-order valence-corrected chi connectivity index (χ1v) is 13.6. The third kappa shape index (κ3) is 5.74. The fourth-order valence-corrected chi connectivity index (χ4v) is 10.4. The highest BCUT2D eigenvalue weighted by atomic mass is 32.2. The molecule has 1 heterocycles. The molecule has 0 amide bonds. The minimum atomic E-state index is 0.974. The number of fused-ring (bicyclic) bond motifs is 2. The lowest BCUT2D eigenvalue weighted by molar-refractivity contribution is 0.526. The summed E-state index contributed by atoms with van der Waals surface area (Å²) < 4.78 is 0. The molecule has 2 aliphatic carbocycles. The maximum Gasteiger partial charge on any atom is 0.0166 e. The largest absolute Gasteiger partial charge is 0.157 e. The Labute approximate surface area is 154 Å². The molecule has 4 heteroatoms. The summed E-state index contributed by atoms with van der Waals surface area (Å²) in [4.78, 5) is 0. The fourth-order valence-electron chi connectivity index (χ4n) is 3.94. The number of thioether (sulfide) groups is 4. The van der Waals surface area contributed by atoms with Crippen molar-refractivity contribution in [2.45, 2.75) is 85.2 Å². The van der Waals surface area contributed by atoms with Gasteiger partial charge in [-0.3, -0.25) is 0 Å². The second-order valence-corrected chi connectivity index (χ2v) is 12.3. The molecule has 0 radical (unpaired) electrons. The van der Waals surface area contributed by atoms with Gasteiger partial charge in [-0.15, -0.1) is 0 Å². The molecule has 3 rings (SSSR count). The smallest absolute Gasteiger partial charge is 0.0166 e. The molecule has 0 aromatic heterocycles. The van der Waals surface area contributed by atoms with Crippen molar-refractivity contribution in [3.63, 3.8) is 0 Å². The van der Waals surface area contributed by atoms with E-state index in [1.54, 1.807) is 0 Å². The Hall–Kier alpha value is 1.40. The monoisotopic (exact) mass is 376 g/mol. The number of rotatable bonds is 0. The molecular weight excluding hydrogens is 344 g/mol. The molecule has 1 saturated heterocycles. The zero-order chi connectivity index (χ0) is 15.0. The molecule has 22 heavy (non-hydrogen) atoms. The van der Waals surface area contributed by atoms with Crippen LogP contribution in [-0.4, -0.2) is 44.0 Å². The molecule has 1 aliphatic heterocycles. The van der Waals surface area contributed by atoms with E-state index in [9.17, 15) is 0 Å². The average molecular weight is 377 g/mol. The van der Waals surface area contributed by atoms with E-state index in [1.807, 2.05) is 0 Å². The van der Waals surface area contributed by atoms with Crippen LogP contribution in [0.3, 0.4) is 0 Å². The third-order valence-electron chi connectivity index (χ3n) is 5.19. The highest BCUT2D eigenvalue weighted by Crippen LogP contribution is 2.40. The van der Waals surface area contributed by atoms with Crippen molar-refractivity contribution in [1.29, 1.82) is 0 Å². The first-order valence-electron chi connectivity index (χ1n) is 9.40. The molecule has 3 aliphatic rings. The van der Waals surface area contributed by atoms with E-state index in [-0.39, 0.29) is 0 Å². The van der Waals surface area contributed by atoms with Crippen LogP contribution >= 0.6 is 47.0 Å². The van der Waals surface area contributed by atoms with Crippen LogP contribution in [0.25, 0.3) is 0 Å². The summed E-state index contributed by atoms with van der Waals surface area (Å²) in [6.07, 6.45) is 14.8. The van der Waals surface area contributed by atoms with Crippen LogP contribution in [0.2, 0.25) is 0 Å². The second kappa shape index (κ2) is 10.4. The highest BCUT2D eigenvalue weighted by molar-refractivity contribution is 8.04. The second-order valence-electron chi connectivity index (χ2n) is 6.91. The summed E-state index contributed by atoms with van der Waals surface area (Å²) in [5.74, 6) is 5.66. The molecule has 0 unspecified atom stereocenters. The average Bonchev–Trinajstić information content (AvgIpc) is 2.56. The van der Waals surface area contributed by atoms with Gasteiger partial charge in [0.2, 0.25) is 0 Å². The highest BCUT2D eigenvalue weighted by Gasteiger charge is 2.27. The molecule has 128 valence electrons. The summed E-state index contributed by atoms with van der Waals surface area (Å²) in [5.41, 5.74) is 0. The number of hydrogen-bond acceptors (Lipinski definition) is 4. The third-order valence-corrected chi connectivity index (χ3v) is 11.6. The Morgan fingerprint density at radius 2 is 0.636 bits per heavy atom. The van der Waals surface area contributed by atoms with E-state index in [0.29, 0.717) is 0 Å². The summed E-state index contributed by atoms with van der Waals surface area (Å²) >= 11 is 9.29. The SMILES string of the molecule is C1CS[C@H]2CCCC[C@@H]2SCCCS[C@@H]2CCCC[C@@H]2SC1. The quantitative estimate of drug-likeness (QED) is 0.484. The Kier molecular flexibility index (Phi) is 8.61. The van der Waals surface area contributed by atoms with Crippen LogP contribution in [0.5, 0.6) is 0 Å². The van der Waals surface area contributed by atoms with Crippen LogP contribution in [0.1, 0.15) is 64.2 Å². The maximum atomic E-state index is 2.32. The standard InChI is InChI=1S/C18H32S4/c1-2-8-16-15(7-1)19-11-5-13-21-17-9-3-4-10-18(17)22-14-6-12-20-16/h15-18H,1-14H2/t15-,16-,17-,18+/m0/s1. The molecule has 2 saturated carbocycles. The van der Waals surface area contributed by atoms with E-state index in [4.69, 9.17) is 0 Å². The van der Waals surface area contributed by atoms with E-state index in [1.165, 1.54) is 87.2 Å². The van der Waals surface area contributed by atoms with Gasteiger partial charge in [-0.2, -0.15) is 47.0 Å². The molecule has 0 N–H and O–H groups in total. The van der Waals surface area contributed by atoms with Crippen molar-refractivity contribution in [2.24, 2.45) is 0 Å². The molecule has 0 spiro atoms. The lowest BCUT2D eigenvalue weighted by Gasteiger charge is -2.32. The van der Waals surface area contributed by atoms with Crippen LogP contribution < -0.4 is 0 Å². The fraction of sp³-hybridized carbons (Fsp3) is 1.00. The van der Waals surface area contributed by atoms with Crippen LogP contribution in [0.4, 0.5) is 0 Å². The van der Waals surface area contributed by atoms with Gasteiger partial charge in [0.1, 0.15) is 0 Å². The van der Waals surface area contributed by atoms with Crippen LogP contribution in [-0.2, 0) is 0 Å². The Morgan fingerprint density at radius 1 is 0.364 bits per heavy atom. The topological polar surface area (TPSA) is 0 Å². The summed E-state index contributed by atoms with van der Waals surface area (Å²) in [6, 6.07) is 0. The lowest BCUT2D eigenvalue weighted by atomic mass is 10.00. The van der Waals surface area contributed by atoms with Crippen LogP contribution in [0.15, 0.2) is 0 Å². The van der Waals surface area contributed by atoms with Gasteiger partial charge in [-0.1, -0.05) is 25.7 Å². The molecule has 0 aromatic rings. The van der Waals surface area contributed by atoms with Crippen molar-refractivity contribution >= 4 is 47.0 Å². The van der Waals surface area contributed by atoms with Gasteiger partial charge in [0.25, 0.3) is 0 Å². The van der Waals surface area contributed by atoms with Crippen molar-refractivity contribution < 1.29 is 0 Å². The molecule has 0 bridgehead atoms. The van der Waals surface area contributed by atoms with Gasteiger partial charge in [-0.05, 0) is 61.5 Å². The van der Waals surface area contributed by atoms with E-state index >= 15 is 0 Å². The van der Waals surface area contributed by atoms with Gasteiger partial charge < -0.3 is 0 Å². The van der Waals surface area contributed by atoms with Crippen molar-refractivity contribution in [3.05, 3.63) is 0 Å². The van der Waals surface area contributed by atoms with Crippen molar-refractivity contribution in [1.82, 2.24) is 0 Å². The maximum absolute atomic E-state index is 2.32. The summed E-state index contributed by atoms with van der Waals surface area (Å²) in [7, 11) is 0. The zero-order valence-electron chi connectivity index (χ0n) is 13.8. The van der Waals surface area contributed by atoms with Crippen molar-refractivity contribution in [3.8, 4) is 0 Å². The van der Waals surface area contributed by atoms with E-state index < -0.39 is 0 Å². The number of hydrogen-bond donors (Lipinski definition) is 0. The summed E-state index contributed by atoms with van der Waals surface area (Å²) in [5, 5.41) is 3.90. The predicted molar refractivity (Wildman–Crippen MR) is 111 cm³/mol. The van der Waals surface area contributed by atoms with Gasteiger partial charge >= 0.3 is 0 Å². The molecule has 0 aromatic carbocycles. The zero-order valence-corrected chi connectivity index (χ0v) is 17.1.